The monoisotopic (exact) mass is 329 g/mol. The van der Waals surface area contributed by atoms with Gasteiger partial charge in [-0.15, -0.1) is 0 Å². The summed E-state index contributed by atoms with van der Waals surface area (Å²) in [4.78, 5) is 8.12. The van der Waals surface area contributed by atoms with Gasteiger partial charge >= 0.3 is 0 Å². The summed E-state index contributed by atoms with van der Waals surface area (Å²) >= 11 is 0. The van der Waals surface area contributed by atoms with E-state index in [0.29, 0.717) is 14.3 Å². The highest BCUT2D eigenvalue weighted by molar-refractivity contribution is 7.56. The van der Waals surface area contributed by atoms with Gasteiger partial charge in [0.15, 0.2) is 0 Å². The third-order valence-corrected chi connectivity index (χ3v) is 4.95. The number of hydrogen-bond donors (Lipinski definition) is 1. The van der Waals surface area contributed by atoms with Crippen molar-refractivity contribution in [2.45, 2.75) is 0 Å². The Hall–Kier alpha value is -2.06. The van der Waals surface area contributed by atoms with Gasteiger partial charge in [-0.3, -0.25) is 4.99 Å². The minimum Gasteiger partial charge on any atom is -0.505 e. The van der Waals surface area contributed by atoms with Crippen molar-refractivity contribution in [2.24, 2.45) is 4.99 Å². The Balaban J connectivity index is 2.51. The lowest BCUT2D eigenvalue weighted by Gasteiger charge is -2.22. The maximum absolute atomic E-state index is 10.7. The average molecular weight is 329 g/mol. The van der Waals surface area contributed by atoms with Gasteiger partial charge in [0.2, 0.25) is 0 Å². The van der Waals surface area contributed by atoms with Crippen molar-refractivity contribution in [1.82, 2.24) is 0 Å². The minimum atomic E-state index is 0.349. The molecule has 1 unspecified atom stereocenters. The summed E-state index contributed by atoms with van der Waals surface area (Å²) < 4.78 is 0. The van der Waals surface area contributed by atoms with Crippen molar-refractivity contribution in [3.63, 3.8) is 0 Å². The van der Waals surface area contributed by atoms with E-state index in [1.54, 1.807) is 7.05 Å². The average Bonchev–Trinajstić information content (AvgIpc) is 2.50. The summed E-state index contributed by atoms with van der Waals surface area (Å²) in [7, 11) is 10.0. The first kappa shape index (κ1) is 17.3. The molecule has 0 heterocycles. The number of aliphatic imine (C=N–C) groups is 1. The summed E-state index contributed by atoms with van der Waals surface area (Å²) in [6.45, 7) is 0. The summed E-state index contributed by atoms with van der Waals surface area (Å²) in [6, 6.07) is 12.2. The SMILES string of the molecule is CN=Cc1ccccc1Pc1cc(N(C)C)cc(N(C)C)c1O. The predicted octanol–water partition coefficient (Wildman–Crippen LogP) is 2.20. The maximum Gasteiger partial charge on any atom is 0.146 e. The lowest BCUT2D eigenvalue weighted by molar-refractivity contribution is 0.480. The Morgan fingerprint density at radius 3 is 2.30 bits per heavy atom. The number of nitrogens with zero attached hydrogens (tertiary/aromatic N) is 3. The van der Waals surface area contributed by atoms with Gasteiger partial charge in [-0.05, 0) is 23.0 Å². The number of phenols is 1. The molecule has 0 saturated heterocycles. The van der Waals surface area contributed by atoms with Gasteiger partial charge in [-0.25, -0.2) is 0 Å². The van der Waals surface area contributed by atoms with E-state index in [1.807, 2.05) is 57.5 Å². The molecular weight excluding hydrogens is 305 g/mol. The first-order valence-corrected chi connectivity index (χ1v) is 8.44. The van der Waals surface area contributed by atoms with Crippen molar-refractivity contribution in [1.29, 1.82) is 0 Å². The minimum absolute atomic E-state index is 0.349. The van der Waals surface area contributed by atoms with Gasteiger partial charge in [-0.1, -0.05) is 32.8 Å². The van der Waals surface area contributed by atoms with E-state index in [-0.39, 0.29) is 0 Å². The third-order valence-electron chi connectivity index (χ3n) is 3.57. The zero-order valence-corrected chi connectivity index (χ0v) is 15.3. The standard InChI is InChI=1S/C18H24N3OP/c1-19-12-13-8-6-7-9-16(13)23-17-11-14(20(2)3)10-15(18(17)22)21(4)5/h6-12,22-23H,1-5H3. The van der Waals surface area contributed by atoms with Crippen molar-refractivity contribution in [3.05, 3.63) is 42.0 Å². The van der Waals surface area contributed by atoms with Gasteiger partial charge in [-0.2, -0.15) is 0 Å². The van der Waals surface area contributed by atoms with Gasteiger partial charge in [0.1, 0.15) is 5.75 Å². The molecule has 0 aliphatic rings. The normalized spacial score (nSPS) is 11.5. The maximum atomic E-state index is 10.7. The highest BCUT2D eigenvalue weighted by Gasteiger charge is 2.14. The molecule has 2 aromatic carbocycles. The topological polar surface area (TPSA) is 39.1 Å². The van der Waals surface area contributed by atoms with E-state index < -0.39 is 0 Å². The molecule has 0 bridgehead atoms. The van der Waals surface area contributed by atoms with E-state index in [9.17, 15) is 5.11 Å². The van der Waals surface area contributed by atoms with Crippen LogP contribution in [0.4, 0.5) is 11.4 Å². The molecule has 122 valence electrons. The van der Waals surface area contributed by atoms with E-state index in [1.165, 1.54) is 5.30 Å². The zero-order chi connectivity index (χ0) is 17.0. The van der Waals surface area contributed by atoms with Crippen LogP contribution in [0.15, 0.2) is 41.4 Å². The smallest absolute Gasteiger partial charge is 0.146 e. The Labute approximate surface area is 140 Å². The zero-order valence-electron chi connectivity index (χ0n) is 14.3. The van der Waals surface area contributed by atoms with Crippen LogP contribution < -0.4 is 20.4 Å². The van der Waals surface area contributed by atoms with Crippen molar-refractivity contribution in [2.75, 3.05) is 45.0 Å². The molecule has 0 radical (unpaired) electrons. The molecule has 0 spiro atoms. The highest BCUT2D eigenvalue weighted by atomic mass is 31.1. The molecule has 2 aromatic rings. The van der Waals surface area contributed by atoms with E-state index in [4.69, 9.17) is 0 Å². The van der Waals surface area contributed by atoms with Crippen molar-refractivity contribution in [3.8, 4) is 5.75 Å². The fourth-order valence-electron chi connectivity index (χ4n) is 2.31. The molecule has 5 heteroatoms. The lowest BCUT2D eigenvalue weighted by atomic mass is 10.2. The molecule has 1 N–H and O–H groups in total. The Morgan fingerprint density at radius 1 is 1.00 bits per heavy atom. The predicted molar refractivity (Wildman–Crippen MR) is 104 cm³/mol. The highest BCUT2D eigenvalue weighted by Crippen LogP contribution is 2.33. The molecule has 2 rings (SSSR count). The lowest BCUT2D eigenvalue weighted by Crippen LogP contribution is -2.17. The molecule has 23 heavy (non-hydrogen) atoms. The largest absolute Gasteiger partial charge is 0.505 e. The van der Waals surface area contributed by atoms with E-state index in [2.05, 4.69) is 28.1 Å². The fourth-order valence-corrected chi connectivity index (χ4v) is 3.53. The van der Waals surface area contributed by atoms with Gasteiger partial charge < -0.3 is 14.9 Å². The van der Waals surface area contributed by atoms with Crippen LogP contribution in [0.3, 0.4) is 0 Å². The molecule has 0 fully saturated rings. The summed E-state index contributed by atoms with van der Waals surface area (Å²) in [5, 5.41) is 12.8. The number of anilines is 2. The first-order valence-electron chi connectivity index (χ1n) is 7.44. The second-order valence-corrected chi connectivity index (χ2v) is 7.08. The molecule has 0 aliphatic heterocycles. The van der Waals surface area contributed by atoms with Gasteiger partial charge in [0.05, 0.1) is 5.69 Å². The van der Waals surface area contributed by atoms with Crippen LogP contribution in [-0.4, -0.2) is 46.6 Å². The van der Waals surface area contributed by atoms with Crippen LogP contribution in [0.2, 0.25) is 0 Å². The molecule has 4 nitrogen and oxygen atoms in total. The van der Waals surface area contributed by atoms with Gasteiger partial charge in [0, 0.05) is 52.4 Å². The fraction of sp³-hybridized carbons (Fsp3) is 0.278. The second kappa shape index (κ2) is 7.47. The molecule has 0 aliphatic carbocycles. The molecule has 1 atom stereocenters. The molecule has 0 amide bonds. The van der Waals surface area contributed by atoms with Crippen LogP contribution in [0.25, 0.3) is 0 Å². The van der Waals surface area contributed by atoms with Crippen LogP contribution in [0, 0.1) is 0 Å². The number of aromatic hydroxyl groups is 1. The summed E-state index contributed by atoms with van der Waals surface area (Å²) in [5.41, 5.74) is 3.00. The Bertz CT molecular complexity index is 711. The van der Waals surface area contributed by atoms with Crippen LogP contribution in [-0.2, 0) is 0 Å². The van der Waals surface area contributed by atoms with E-state index >= 15 is 0 Å². The quantitative estimate of drug-likeness (QED) is 0.675. The molecule has 0 aromatic heterocycles. The Kier molecular flexibility index (Phi) is 5.62. The number of rotatable bonds is 5. The number of benzene rings is 2. The van der Waals surface area contributed by atoms with Gasteiger partial charge in [0.25, 0.3) is 0 Å². The van der Waals surface area contributed by atoms with Crippen molar-refractivity contribution < 1.29 is 5.11 Å². The summed E-state index contributed by atoms with van der Waals surface area (Å²) in [6.07, 6.45) is 1.86. The second-order valence-electron chi connectivity index (χ2n) is 5.75. The first-order chi connectivity index (χ1) is 10.9. The van der Waals surface area contributed by atoms with Crippen LogP contribution in [0.1, 0.15) is 5.56 Å². The number of phenolic OH excluding ortho intramolecular Hbond substituents is 1. The molecular formula is C18H24N3OP. The molecule has 0 saturated carbocycles. The number of hydrogen-bond acceptors (Lipinski definition) is 4. The van der Waals surface area contributed by atoms with Crippen molar-refractivity contribution >= 4 is 36.8 Å². The van der Waals surface area contributed by atoms with Crippen LogP contribution in [0.5, 0.6) is 5.75 Å². The van der Waals surface area contributed by atoms with E-state index in [0.717, 1.165) is 22.2 Å². The van der Waals surface area contributed by atoms with Crippen LogP contribution >= 0.6 is 8.58 Å². The summed E-state index contributed by atoms with van der Waals surface area (Å²) in [5.74, 6) is 0.349. The Morgan fingerprint density at radius 2 is 1.70 bits per heavy atom. The third kappa shape index (κ3) is 4.02.